The van der Waals surface area contributed by atoms with Crippen LogP contribution >= 0.6 is 11.6 Å². The normalized spacial score (nSPS) is 16.8. The highest BCUT2D eigenvalue weighted by atomic mass is 35.5. The number of anilines is 1. The second kappa shape index (κ2) is 9.75. The molecule has 1 amide bonds. The molecule has 0 aromatic heterocycles. The molecule has 0 saturated carbocycles. The van der Waals surface area contributed by atoms with Crippen molar-refractivity contribution in [2.75, 3.05) is 32.3 Å². The summed E-state index contributed by atoms with van der Waals surface area (Å²) in [5.74, 6) is 0.390. The van der Waals surface area contributed by atoms with Gasteiger partial charge in [0.15, 0.2) is 11.4 Å². The number of hydrogen-bond donors (Lipinski definition) is 1. The third-order valence-corrected chi connectivity index (χ3v) is 6.01. The number of carbonyl (C=O) groups is 2. The van der Waals surface area contributed by atoms with E-state index >= 15 is 0 Å². The van der Waals surface area contributed by atoms with Gasteiger partial charge in [-0.3, -0.25) is 9.59 Å². The number of carbonyl (C=O) groups excluding carboxylic acids is 2. The number of ether oxygens (including phenoxy) is 3. The second-order valence-corrected chi connectivity index (χ2v) is 8.24. The fourth-order valence-corrected chi connectivity index (χ4v) is 4.17. The molecule has 1 aliphatic rings. The standard InChI is InChI=1S/C26H24ClNO6/c1-32-19-11-12-24(33-2)20(15-19)23(29)16-26(31)21-5-3-4-6-22(21)28(25(26)30)13-14-34-18-9-7-17(27)8-10-18/h3-12,15,31H,13-14,16H2,1-2H3. The Kier molecular flexibility index (Phi) is 6.77. The van der Waals surface area contributed by atoms with Gasteiger partial charge in [-0.2, -0.15) is 0 Å². The highest BCUT2D eigenvalue weighted by Crippen LogP contribution is 2.43. The molecule has 1 aliphatic heterocycles. The number of ketones is 1. The number of rotatable bonds is 9. The number of para-hydroxylation sites is 1. The summed E-state index contributed by atoms with van der Waals surface area (Å²) in [6.07, 6.45) is -0.444. The van der Waals surface area contributed by atoms with Crippen LogP contribution in [0.25, 0.3) is 0 Å². The van der Waals surface area contributed by atoms with Crippen molar-refractivity contribution in [2.45, 2.75) is 12.0 Å². The van der Waals surface area contributed by atoms with Crippen LogP contribution in [0.2, 0.25) is 5.02 Å². The lowest BCUT2D eigenvalue weighted by molar-refractivity contribution is -0.135. The maximum atomic E-state index is 13.4. The largest absolute Gasteiger partial charge is 0.497 e. The van der Waals surface area contributed by atoms with Crippen LogP contribution in [0.15, 0.2) is 66.7 Å². The molecule has 0 fully saturated rings. The number of aliphatic hydroxyl groups is 1. The van der Waals surface area contributed by atoms with Crippen molar-refractivity contribution in [3.63, 3.8) is 0 Å². The smallest absolute Gasteiger partial charge is 0.264 e. The summed E-state index contributed by atoms with van der Waals surface area (Å²) < 4.78 is 16.2. The summed E-state index contributed by atoms with van der Waals surface area (Å²) in [5.41, 5.74) is -0.867. The zero-order valence-electron chi connectivity index (χ0n) is 18.8. The highest BCUT2D eigenvalue weighted by molar-refractivity contribution is 6.30. The van der Waals surface area contributed by atoms with Crippen LogP contribution in [0.4, 0.5) is 5.69 Å². The minimum Gasteiger partial charge on any atom is -0.497 e. The van der Waals surface area contributed by atoms with Gasteiger partial charge in [0.2, 0.25) is 0 Å². The van der Waals surface area contributed by atoms with Crippen LogP contribution in [0.5, 0.6) is 17.2 Å². The van der Waals surface area contributed by atoms with Crippen molar-refractivity contribution >= 4 is 29.0 Å². The molecule has 0 bridgehead atoms. The maximum Gasteiger partial charge on any atom is 0.264 e. The fraction of sp³-hybridized carbons (Fsp3) is 0.231. The average Bonchev–Trinajstić information content (AvgIpc) is 3.06. The van der Waals surface area contributed by atoms with Crippen molar-refractivity contribution < 1.29 is 28.9 Å². The Morgan fingerprint density at radius 2 is 1.71 bits per heavy atom. The van der Waals surface area contributed by atoms with Crippen molar-refractivity contribution in [3.05, 3.63) is 82.9 Å². The second-order valence-electron chi connectivity index (χ2n) is 7.80. The first-order chi connectivity index (χ1) is 16.4. The van der Waals surface area contributed by atoms with Gasteiger partial charge in [-0.05, 0) is 48.5 Å². The zero-order chi connectivity index (χ0) is 24.3. The van der Waals surface area contributed by atoms with Crippen molar-refractivity contribution in [1.82, 2.24) is 0 Å². The summed E-state index contributed by atoms with van der Waals surface area (Å²) in [4.78, 5) is 28.1. The quantitative estimate of drug-likeness (QED) is 0.460. The Labute approximate surface area is 202 Å². The molecule has 176 valence electrons. The van der Waals surface area contributed by atoms with Crippen LogP contribution in [0.3, 0.4) is 0 Å². The van der Waals surface area contributed by atoms with E-state index in [0.717, 1.165) is 0 Å². The molecular formula is C26H24ClNO6. The first-order valence-corrected chi connectivity index (χ1v) is 11.0. The van der Waals surface area contributed by atoms with Crippen LogP contribution in [-0.4, -0.2) is 44.2 Å². The third kappa shape index (κ3) is 4.44. The lowest BCUT2D eigenvalue weighted by atomic mass is 9.88. The molecule has 34 heavy (non-hydrogen) atoms. The molecule has 1 heterocycles. The van der Waals surface area contributed by atoms with E-state index in [9.17, 15) is 14.7 Å². The topological polar surface area (TPSA) is 85.3 Å². The number of halogens is 1. The predicted molar refractivity (Wildman–Crippen MR) is 128 cm³/mol. The van der Waals surface area contributed by atoms with Crippen LogP contribution < -0.4 is 19.1 Å². The number of Topliss-reactive ketones (excluding diaryl/α,β-unsaturated/α-hetero) is 1. The molecule has 7 nitrogen and oxygen atoms in total. The number of fused-ring (bicyclic) bond motifs is 1. The summed E-state index contributed by atoms with van der Waals surface area (Å²) >= 11 is 5.90. The molecule has 1 unspecified atom stereocenters. The molecule has 0 aliphatic carbocycles. The number of nitrogens with zero attached hydrogens (tertiary/aromatic N) is 1. The molecule has 4 rings (SSSR count). The molecule has 1 atom stereocenters. The molecule has 0 spiro atoms. The van der Waals surface area contributed by atoms with E-state index in [0.29, 0.717) is 33.5 Å². The minimum atomic E-state index is -2.01. The van der Waals surface area contributed by atoms with E-state index in [1.165, 1.54) is 25.2 Å². The van der Waals surface area contributed by atoms with E-state index in [1.807, 2.05) is 0 Å². The monoisotopic (exact) mass is 481 g/mol. The Balaban J connectivity index is 1.56. The Hall–Kier alpha value is -3.55. The van der Waals surface area contributed by atoms with Gasteiger partial charge in [0.25, 0.3) is 5.91 Å². The van der Waals surface area contributed by atoms with Gasteiger partial charge in [-0.25, -0.2) is 0 Å². The third-order valence-electron chi connectivity index (χ3n) is 5.76. The van der Waals surface area contributed by atoms with Crippen LogP contribution in [0.1, 0.15) is 22.3 Å². The summed E-state index contributed by atoms with van der Waals surface area (Å²) in [6, 6.07) is 18.6. The lowest BCUT2D eigenvalue weighted by Crippen LogP contribution is -2.43. The number of amides is 1. The molecule has 0 radical (unpaired) electrons. The SMILES string of the molecule is COc1ccc(OC)c(C(=O)CC2(O)C(=O)N(CCOc3ccc(Cl)cc3)c3ccccc32)c1. The van der Waals surface area contributed by atoms with Gasteiger partial charge >= 0.3 is 0 Å². The summed E-state index contributed by atoms with van der Waals surface area (Å²) in [5, 5.41) is 12.1. The molecular weight excluding hydrogens is 458 g/mol. The Morgan fingerprint density at radius 3 is 2.41 bits per heavy atom. The fourth-order valence-electron chi connectivity index (χ4n) is 4.04. The molecule has 1 N–H and O–H groups in total. The van der Waals surface area contributed by atoms with Crippen molar-refractivity contribution in [2.24, 2.45) is 0 Å². The van der Waals surface area contributed by atoms with Gasteiger partial charge in [0, 0.05) is 10.6 Å². The number of hydrogen-bond acceptors (Lipinski definition) is 6. The lowest BCUT2D eigenvalue weighted by Gasteiger charge is -2.23. The molecule has 0 saturated heterocycles. The highest BCUT2D eigenvalue weighted by Gasteiger charge is 2.50. The van der Waals surface area contributed by atoms with Crippen molar-refractivity contribution in [3.8, 4) is 17.2 Å². The van der Waals surface area contributed by atoms with E-state index in [1.54, 1.807) is 60.7 Å². The van der Waals surface area contributed by atoms with E-state index in [2.05, 4.69) is 0 Å². The molecule has 3 aromatic carbocycles. The van der Waals surface area contributed by atoms with E-state index in [4.69, 9.17) is 25.8 Å². The maximum absolute atomic E-state index is 13.4. The van der Waals surface area contributed by atoms with E-state index in [-0.39, 0.29) is 18.7 Å². The number of methoxy groups -OCH3 is 2. The van der Waals surface area contributed by atoms with Crippen LogP contribution in [-0.2, 0) is 10.4 Å². The van der Waals surface area contributed by atoms with Gasteiger partial charge in [0.05, 0.1) is 38.4 Å². The van der Waals surface area contributed by atoms with Gasteiger partial charge < -0.3 is 24.2 Å². The Morgan fingerprint density at radius 1 is 1.00 bits per heavy atom. The first-order valence-electron chi connectivity index (χ1n) is 10.6. The van der Waals surface area contributed by atoms with Crippen LogP contribution in [0, 0.1) is 0 Å². The average molecular weight is 482 g/mol. The molecule has 3 aromatic rings. The van der Waals surface area contributed by atoms with Gasteiger partial charge in [0.1, 0.15) is 23.9 Å². The first kappa shape index (κ1) is 23.6. The van der Waals surface area contributed by atoms with E-state index < -0.39 is 23.7 Å². The summed E-state index contributed by atoms with van der Waals surface area (Å²) in [6.45, 7) is 0.382. The van der Waals surface area contributed by atoms with Gasteiger partial charge in [-0.15, -0.1) is 0 Å². The van der Waals surface area contributed by atoms with Gasteiger partial charge in [-0.1, -0.05) is 29.8 Å². The summed E-state index contributed by atoms with van der Waals surface area (Å²) in [7, 11) is 2.94. The minimum absolute atomic E-state index is 0.190. The molecule has 8 heteroatoms. The Bertz CT molecular complexity index is 1210. The van der Waals surface area contributed by atoms with Crippen molar-refractivity contribution in [1.29, 1.82) is 0 Å². The zero-order valence-corrected chi connectivity index (χ0v) is 19.5. The predicted octanol–water partition coefficient (Wildman–Crippen LogP) is 4.24. The number of benzene rings is 3.